The topological polar surface area (TPSA) is 84.0 Å². The fourth-order valence-electron chi connectivity index (χ4n) is 5.64. The van der Waals surface area contributed by atoms with Crippen molar-refractivity contribution in [2.75, 3.05) is 13.7 Å². The third-order valence-electron chi connectivity index (χ3n) is 7.19. The highest BCUT2D eigenvalue weighted by Gasteiger charge is 2.62. The molecule has 2 bridgehead atoms. The number of fused-ring (bicyclic) bond motifs is 5. The minimum Gasteiger partial charge on any atom is -0.497 e. The maximum atomic E-state index is 13.5. The summed E-state index contributed by atoms with van der Waals surface area (Å²) < 4.78 is 5.13. The maximum Gasteiger partial charge on any atom is 0.274 e. The molecule has 2 aromatic carbocycles. The summed E-state index contributed by atoms with van der Waals surface area (Å²) in [6.07, 6.45) is 2.72. The van der Waals surface area contributed by atoms with Crippen LogP contribution >= 0.6 is 11.6 Å². The van der Waals surface area contributed by atoms with E-state index in [2.05, 4.69) is 0 Å². The highest BCUT2D eigenvalue weighted by atomic mass is 35.5. The predicted octanol–water partition coefficient (Wildman–Crippen LogP) is 3.62. The quantitative estimate of drug-likeness (QED) is 0.479. The zero-order valence-electron chi connectivity index (χ0n) is 18.1. The molecule has 0 N–H and O–H groups in total. The van der Waals surface area contributed by atoms with E-state index in [0.29, 0.717) is 11.3 Å². The van der Waals surface area contributed by atoms with Gasteiger partial charge in [-0.1, -0.05) is 23.7 Å². The smallest absolute Gasteiger partial charge is 0.274 e. The molecule has 2 aliphatic carbocycles. The van der Waals surface area contributed by atoms with Crippen LogP contribution in [0.1, 0.15) is 40.0 Å². The number of hydrogen-bond acceptors (Lipinski definition) is 5. The first kappa shape index (κ1) is 21.6. The lowest BCUT2D eigenvalue weighted by Gasteiger charge is -2.31. The van der Waals surface area contributed by atoms with E-state index in [-0.39, 0.29) is 34.2 Å². The normalized spacial score (nSPS) is 25.3. The van der Waals surface area contributed by atoms with E-state index in [9.17, 15) is 19.2 Å². The van der Waals surface area contributed by atoms with Gasteiger partial charge in [-0.2, -0.15) is 5.01 Å². The van der Waals surface area contributed by atoms with Crippen LogP contribution < -0.4 is 4.74 Å². The van der Waals surface area contributed by atoms with Gasteiger partial charge in [0.25, 0.3) is 17.7 Å². The monoisotopic (exact) mass is 466 g/mol. The number of Topliss-reactive ketones (excluding diaryl/α,β-unsaturated/α-hetero) is 1. The molecule has 5 rings (SSSR count). The number of hydrogen-bond donors (Lipinski definition) is 0. The van der Waals surface area contributed by atoms with Gasteiger partial charge >= 0.3 is 0 Å². The van der Waals surface area contributed by atoms with E-state index in [1.54, 1.807) is 42.5 Å². The van der Waals surface area contributed by atoms with Crippen LogP contribution in [0.3, 0.4) is 0 Å². The first-order valence-corrected chi connectivity index (χ1v) is 11.4. The zero-order valence-corrected chi connectivity index (χ0v) is 18.8. The van der Waals surface area contributed by atoms with Crippen molar-refractivity contribution in [3.8, 4) is 5.75 Å². The van der Waals surface area contributed by atoms with Gasteiger partial charge in [-0.25, -0.2) is 5.01 Å². The highest BCUT2D eigenvalue weighted by molar-refractivity contribution is 6.34. The molecule has 1 saturated heterocycles. The fourth-order valence-corrected chi connectivity index (χ4v) is 5.86. The van der Waals surface area contributed by atoms with Crippen molar-refractivity contribution in [2.45, 2.75) is 19.3 Å². The van der Waals surface area contributed by atoms with Crippen molar-refractivity contribution in [3.63, 3.8) is 0 Å². The van der Waals surface area contributed by atoms with Crippen molar-refractivity contribution in [1.29, 1.82) is 0 Å². The van der Waals surface area contributed by atoms with E-state index in [0.717, 1.165) is 29.3 Å². The van der Waals surface area contributed by atoms with Gasteiger partial charge in [-0.3, -0.25) is 19.2 Å². The first-order valence-electron chi connectivity index (χ1n) is 11.0. The largest absolute Gasteiger partial charge is 0.497 e. The molecule has 7 nitrogen and oxygen atoms in total. The molecular formula is C25H23ClN2O5. The van der Waals surface area contributed by atoms with Crippen LogP contribution in [0, 0.1) is 23.7 Å². The molecule has 3 fully saturated rings. The molecule has 0 spiro atoms. The number of methoxy groups -OCH3 is 1. The number of carbonyl (C=O) groups is 4. The van der Waals surface area contributed by atoms with Gasteiger partial charge in [0, 0.05) is 5.56 Å². The van der Waals surface area contributed by atoms with Crippen LogP contribution in [0.25, 0.3) is 0 Å². The van der Waals surface area contributed by atoms with Crippen LogP contribution in [0.2, 0.25) is 5.02 Å². The summed E-state index contributed by atoms with van der Waals surface area (Å²) in [4.78, 5) is 53.5. The Kier molecular flexibility index (Phi) is 5.44. The van der Waals surface area contributed by atoms with Crippen molar-refractivity contribution in [2.24, 2.45) is 23.7 Å². The van der Waals surface area contributed by atoms with Crippen LogP contribution in [0.5, 0.6) is 5.75 Å². The third kappa shape index (κ3) is 3.51. The van der Waals surface area contributed by atoms with E-state index in [1.165, 1.54) is 13.2 Å². The lowest BCUT2D eigenvalue weighted by Crippen LogP contribution is -2.52. The maximum absolute atomic E-state index is 13.5. The second-order valence-electron chi connectivity index (χ2n) is 8.87. The van der Waals surface area contributed by atoms with Crippen LogP contribution in [0.4, 0.5) is 0 Å². The number of amides is 3. The third-order valence-corrected chi connectivity index (χ3v) is 7.52. The predicted molar refractivity (Wildman–Crippen MR) is 119 cm³/mol. The summed E-state index contributed by atoms with van der Waals surface area (Å²) in [5, 5.41) is 2.09. The van der Waals surface area contributed by atoms with Gasteiger partial charge in [0.2, 0.25) is 0 Å². The number of carbonyl (C=O) groups excluding carboxylic acids is 4. The Bertz CT molecular complexity index is 1120. The van der Waals surface area contributed by atoms with Gasteiger partial charge < -0.3 is 4.74 Å². The molecule has 2 aromatic rings. The van der Waals surface area contributed by atoms with E-state index in [4.69, 9.17) is 16.3 Å². The fraction of sp³-hybridized carbons (Fsp3) is 0.360. The van der Waals surface area contributed by atoms with Crippen molar-refractivity contribution in [3.05, 3.63) is 64.7 Å². The van der Waals surface area contributed by atoms with Gasteiger partial charge in [0.1, 0.15) is 12.3 Å². The molecule has 0 radical (unpaired) electrons. The molecule has 170 valence electrons. The molecule has 3 amide bonds. The SMILES string of the molecule is COc1ccc(C(=O)CN(C(=O)c2ccccc2Cl)N2C(=O)[C@@H]3[C@H]4CC[C@@H](C4)[C@H]3C2=O)cc1. The second kappa shape index (κ2) is 8.30. The summed E-state index contributed by atoms with van der Waals surface area (Å²) in [5.74, 6) is -1.74. The Balaban J connectivity index is 1.49. The molecule has 33 heavy (non-hydrogen) atoms. The van der Waals surface area contributed by atoms with Crippen LogP contribution in [0.15, 0.2) is 48.5 Å². The Hall–Kier alpha value is -3.19. The Labute approximate surface area is 196 Å². The number of imide groups is 1. The molecule has 1 heterocycles. The van der Waals surface area contributed by atoms with Crippen molar-refractivity contribution < 1.29 is 23.9 Å². The first-order chi connectivity index (χ1) is 15.9. The highest BCUT2D eigenvalue weighted by Crippen LogP contribution is 2.56. The van der Waals surface area contributed by atoms with E-state index in [1.807, 2.05) is 0 Å². The minimum atomic E-state index is -0.656. The average molecular weight is 467 g/mol. The molecule has 2 saturated carbocycles. The summed E-state index contributed by atoms with van der Waals surface area (Å²) >= 11 is 6.25. The second-order valence-corrected chi connectivity index (χ2v) is 9.27. The molecule has 4 atom stereocenters. The lowest BCUT2D eigenvalue weighted by molar-refractivity contribution is -0.154. The number of ketones is 1. The van der Waals surface area contributed by atoms with Crippen molar-refractivity contribution >= 4 is 35.1 Å². The average Bonchev–Trinajstić information content (AvgIpc) is 3.51. The van der Waals surface area contributed by atoms with E-state index < -0.39 is 30.1 Å². The summed E-state index contributed by atoms with van der Waals surface area (Å²) in [6.45, 7) is -0.456. The van der Waals surface area contributed by atoms with Crippen LogP contribution in [-0.4, -0.2) is 47.2 Å². The molecule has 8 heteroatoms. The number of hydrazine groups is 1. The number of rotatable bonds is 6. The Morgan fingerprint density at radius 2 is 1.61 bits per heavy atom. The van der Waals surface area contributed by atoms with Gasteiger partial charge in [0.15, 0.2) is 5.78 Å². The molecule has 1 aliphatic heterocycles. The standard InChI is InChI=1S/C25H23ClN2O5/c1-33-17-10-8-14(9-11-17)20(29)13-27(23(30)18-4-2-3-5-19(18)26)28-24(31)21-15-6-7-16(12-15)22(21)25(28)32/h2-5,8-11,15-16,21-22H,6-7,12-13H2,1H3/t15-,16-,21+,22+/m0/s1. The molecule has 0 unspecified atom stereocenters. The molecule has 3 aliphatic rings. The molecule has 0 aromatic heterocycles. The number of nitrogens with zero attached hydrogens (tertiary/aromatic N) is 2. The van der Waals surface area contributed by atoms with Gasteiger partial charge in [-0.15, -0.1) is 0 Å². The summed E-state index contributed by atoms with van der Waals surface area (Å²) in [6, 6.07) is 12.9. The summed E-state index contributed by atoms with van der Waals surface area (Å²) in [5.41, 5.74) is 0.467. The Morgan fingerprint density at radius 3 is 2.18 bits per heavy atom. The Morgan fingerprint density at radius 1 is 1.00 bits per heavy atom. The number of benzene rings is 2. The van der Waals surface area contributed by atoms with Gasteiger partial charge in [0.05, 0.1) is 29.5 Å². The minimum absolute atomic E-state index is 0.127. The number of ether oxygens (including phenoxy) is 1. The molecular weight excluding hydrogens is 444 g/mol. The van der Waals surface area contributed by atoms with Crippen LogP contribution in [-0.2, 0) is 9.59 Å². The van der Waals surface area contributed by atoms with Crippen molar-refractivity contribution in [1.82, 2.24) is 10.0 Å². The lowest BCUT2D eigenvalue weighted by atomic mass is 9.81. The zero-order chi connectivity index (χ0) is 23.3. The van der Waals surface area contributed by atoms with E-state index >= 15 is 0 Å². The number of halogens is 1. The van der Waals surface area contributed by atoms with Gasteiger partial charge in [-0.05, 0) is 67.5 Å². The summed E-state index contributed by atoms with van der Waals surface area (Å²) in [7, 11) is 1.52.